The molecule has 10 nitrogen and oxygen atoms in total. The van der Waals surface area contributed by atoms with Crippen molar-refractivity contribution in [3.63, 3.8) is 0 Å². The van der Waals surface area contributed by atoms with Crippen molar-refractivity contribution in [1.82, 2.24) is 10.0 Å². The fraction of sp³-hybridized carbons (Fsp3) is 0.500. The maximum Gasteiger partial charge on any atom is 0.240 e. The van der Waals surface area contributed by atoms with Gasteiger partial charge in [-0.05, 0) is 73.6 Å². The van der Waals surface area contributed by atoms with E-state index in [0.717, 1.165) is 50.7 Å². The summed E-state index contributed by atoms with van der Waals surface area (Å²) in [7, 11) is -7.03. The largest absolute Gasteiger partial charge is 0.506 e. The van der Waals surface area contributed by atoms with Crippen molar-refractivity contribution < 1.29 is 27.0 Å². The number of hydrogen-bond donors (Lipinski definition) is 5. The maximum absolute atomic E-state index is 12.4. The molecular formula is C24H34N4O6S2. The minimum absolute atomic E-state index is 0.0277. The molecule has 0 aromatic heterocycles. The van der Waals surface area contributed by atoms with Crippen molar-refractivity contribution in [2.75, 3.05) is 42.1 Å². The van der Waals surface area contributed by atoms with Crippen LogP contribution in [0.4, 0.5) is 11.4 Å². The van der Waals surface area contributed by atoms with Crippen molar-refractivity contribution in [2.24, 2.45) is 5.92 Å². The Bertz CT molecular complexity index is 1260. The molecule has 1 atom stereocenters. The Morgan fingerprint density at radius 3 is 2.28 bits per heavy atom. The lowest BCUT2D eigenvalue weighted by atomic mass is 10.0. The van der Waals surface area contributed by atoms with E-state index in [1.165, 1.54) is 12.1 Å². The number of anilines is 2. The molecule has 4 rings (SSSR count). The second-order valence-corrected chi connectivity index (χ2v) is 13.1. The van der Waals surface area contributed by atoms with Gasteiger partial charge in [-0.1, -0.05) is 6.07 Å². The fourth-order valence-corrected chi connectivity index (χ4v) is 5.93. The number of piperidine rings is 1. The van der Waals surface area contributed by atoms with Crippen molar-refractivity contribution in [1.29, 1.82) is 0 Å². The average molecular weight is 539 g/mol. The number of nitrogens with one attached hydrogen (secondary N) is 3. The molecule has 5 N–H and O–H groups in total. The number of sulfonamides is 2. The normalized spacial score (nSPS) is 18.2. The van der Waals surface area contributed by atoms with E-state index in [4.69, 9.17) is 0 Å². The van der Waals surface area contributed by atoms with E-state index in [2.05, 4.69) is 19.7 Å². The number of nitrogens with zero attached hydrogens (tertiary/aromatic N) is 1. The Hall–Kier alpha value is -2.38. The third-order valence-corrected chi connectivity index (χ3v) is 8.60. The van der Waals surface area contributed by atoms with Crippen LogP contribution in [0.2, 0.25) is 0 Å². The standard InChI is InChI=1S/C24H34N4O6S2/c1-35(31,32)27-22-14-18(4-9-23(22)29)24(30)16-25-19-10-12-28(13-11-19)20-5-7-21(8-6-20)36(33,34)26-15-17-2-3-17/h4-9,14,17,19,24-27,29-30H,2-3,10-13,15-16H2,1H3/t24-/m1/s1. The smallest absolute Gasteiger partial charge is 0.240 e. The molecule has 1 aliphatic carbocycles. The molecule has 12 heteroatoms. The van der Waals surface area contributed by atoms with Gasteiger partial charge < -0.3 is 20.4 Å². The van der Waals surface area contributed by atoms with E-state index in [9.17, 15) is 27.0 Å². The number of phenolic OH excluding ortho intramolecular Hbond substituents is 1. The van der Waals surface area contributed by atoms with Crippen molar-refractivity contribution in [2.45, 2.75) is 42.7 Å². The number of phenols is 1. The highest BCUT2D eigenvalue weighted by molar-refractivity contribution is 7.92. The highest BCUT2D eigenvalue weighted by atomic mass is 32.2. The van der Waals surface area contributed by atoms with Crippen LogP contribution in [-0.4, -0.2) is 65.5 Å². The molecule has 2 aliphatic rings. The zero-order chi connectivity index (χ0) is 25.9. The second kappa shape index (κ2) is 10.9. The molecule has 0 unspecified atom stereocenters. The maximum atomic E-state index is 12.4. The van der Waals surface area contributed by atoms with E-state index in [1.54, 1.807) is 18.2 Å². The lowest BCUT2D eigenvalue weighted by Crippen LogP contribution is -2.43. The molecule has 2 fully saturated rings. The zero-order valence-electron chi connectivity index (χ0n) is 20.2. The van der Waals surface area contributed by atoms with Gasteiger partial charge in [0.2, 0.25) is 20.0 Å². The molecule has 1 saturated heterocycles. The number of hydrogen-bond acceptors (Lipinski definition) is 8. The van der Waals surface area contributed by atoms with E-state index in [0.29, 0.717) is 18.0 Å². The molecule has 198 valence electrons. The molecule has 1 heterocycles. The molecule has 36 heavy (non-hydrogen) atoms. The number of benzene rings is 2. The van der Waals surface area contributed by atoms with Gasteiger partial charge in [0.1, 0.15) is 5.75 Å². The van der Waals surface area contributed by atoms with E-state index in [1.807, 2.05) is 12.1 Å². The van der Waals surface area contributed by atoms with Gasteiger partial charge in [0.25, 0.3) is 0 Å². The Kier molecular flexibility index (Phi) is 8.10. The highest BCUT2D eigenvalue weighted by Crippen LogP contribution is 2.29. The van der Waals surface area contributed by atoms with Gasteiger partial charge >= 0.3 is 0 Å². The summed E-state index contributed by atoms with van der Waals surface area (Å²) < 4.78 is 52.7. The molecule has 0 radical (unpaired) electrons. The first kappa shape index (κ1) is 26.7. The summed E-state index contributed by atoms with van der Waals surface area (Å²) in [5.74, 6) is 0.266. The van der Waals surface area contributed by atoms with Gasteiger partial charge in [0.05, 0.1) is 22.9 Å². The quantitative estimate of drug-likeness (QED) is 0.272. The van der Waals surface area contributed by atoms with Gasteiger partial charge in [-0.2, -0.15) is 0 Å². The lowest BCUT2D eigenvalue weighted by Gasteiger charge is -2.34. The molecule has 2 aromatic carbocycles. The summed E-state index contributed by atoms with van der Waals surface area (Å²) >= 11 is 0. The Balaban J connectivity index is 1.25. The first-order valence-electron chi connectivity index (χ1n) is 12.1. The van der Waals surface area contributed by atoms with Crippen LogP contribution in [0.3, 0.4) is 0 Å². The summed E-state index contributed by atoms with van der Waals surface area (Å²) in [5, 5.41) is 23.8. The molecule has 2 aromatic rings. The minimum atomic E-state index is -3.56. The fourth-order valence-electron chi connectivity index (χ4n) is 4.25. The van der Waals surface area contributed by atoms with E-state index >= 15 is 0 Å². The molecule has 1 saturated carbocycles. The van der Waals surface area contributed by atoms with Gasteiger partial charge in [0.15, 0.2) is 0 Å². The van der Waals surface area contributed by atoms with Crippen molar-refractivity contribution >= 4 is 31.4 Å². The highest BCUT2D eigenvalue weighted by Gasteiger charge is 2.25. The monoisotopic (exact) mass is 538 g/mol. The van der Waals surface area contributed by atoms with Crippen molar-refractivity contribution in [3.05, 3.63) is 48.0 Å². The Labute approximate surface area is 212 Å². The topological polar surface area (TPSA) is 148 Å². The van der Waals surface area contributed by atoms with Crippen LogP contribution in [0.1, 0.15) is 37.4 Å². The summed E-state index contributed by atoms with van der Waals surface area (Å²) in [6.07, 6.45) is 4.01. The molecule has 1 aliphatic heterocycles. The Morgan fingerprint density at radius 2 is 1.67 bits per heavy atom. The van der Waals surface area contributed by atoms with Crippen LogP contribution < -0.4 is 19.7 Å². The predicted octanol–water partition coefficient (Wildman–Crippen LogP) is 1.74. The van der Waals surface area contributed by atoms with E-state index < -0.39 is 26.2 Å². The molecule has 0 amide bonds. The first-order chi connectivity index (χ1) is 17.0. The van der Waals surface area contributed by atoms with Crippen LogP contribution in [0.5, 0.6) is 5.75 Å². The third kappa shape index (κ3) is 7.32. The van der Waals surface area contributed by atoms with Crippen molar-refractivity contribution in [3.8, 4) is 5.75 Å². The second-order valence-electron chi connectivity index (χ2n) is 9.63. The SMILES string of the molecule is CS(=O)(=O)Nc1cc([C@H](O)CNC2CCN(c3ccc(S(=O)(=O)NCC4CC4)cc3)CC2)ccc1O. The summed E-state index contributed by atoms with van der Waals surface area (Å²) in [5.41, 5.74) is 1.50. The van der Waals surface area contributed by atoms with Crippen LogP contribution in [0.15, 0.2) is 47.4 Å². The Morgan fingerprint density at radius 1 is 1.00 bits per heavy atom. The van der Waals surface area contributed by atoms with Crippen LogP contribution >= 0.6 is 0 Å². The summed E-state index contributed by atoms with van der Waals surface area (Å²) in [6.45, 7) is 2.38. The van der Waals surface area contributed by atoms with Gasteiger partial charge in [0, 0.05) is 37.9 Å². The lowest BCUT2D eigenvalue weighted by molar-refractivity contribution is 0.167. The molecule has 0 bridgehead atoms. The number of aliphatic hydroxyl groups excluding tert-OH is 1. The van der Waals surface area contributed by atoms with Crippen LogP contribution in [0, 0.1) is 5.92 Å². The van der Waals surface area contributed by atoms with Crippen LogP contribution in [0.25, 0.3) is 0 Å². The first-order valence-corrected chi connectivity index (χ1v) is 15.4. The number of rotatable bonds is 11. The van der Waals surface area contributed by atoms with Gasteiger partial charge in [-0.15, -0.1) is 0 Å². The zero-order valence-corrected chi connectivity index (χ0v) is 21.9. The van der Waals surface area contributed by atoms with E-state index in [-0.39, 0.29) is 28.9 Å². The number of aromatic hydroxyl groups is 1. The van der Waals surface area contributed by atoms with Gasteiger partial charge in [-0.3, -0.25) is 4.72 Å². The number of aliphatic hydroxyl groups is 1. The molecule has 0 spiro atoms. The average Bonchev–Trinajstić information content (AvgIpc) is 3.67. The van der Waals surface area contributed by atoms with Gasteiger partial charge in [-0.25, -0.2) is 21.6 Å². The summed E-state index contributed by atoms with van der Waals surface area (Å²) in [4.78, 5) is 2.49. The summed E-state index contributed by atoms with van der Waals surface area (Å²) in [6, 6.07) is 11.5. The minimum Gasteiger partial charge on any atom is -0.506 e. The molecular weight excluding hydrogens is 504 g/mol. The third-order valence-electron chi connectivity index (χ3n) is 6.57. The predicted molar refractivity (Wildman–Crippen MR) is 139 cm³/mol. The van der Waals surface area contributed by atoms with Crippen LogP contribution in [-0.2, 0) is 20.0 Å².